The highest BCUT2D eigenvalue weighted by atomic mass is 35.5. The van der Waals surface area contributed by atoms with Gasteiger partial charge in [-0.3, -0.25) is 14.9 Å². The van der Waals surface area contributed by atoms with Crippen LogP contribution in [0.3, 0.4) is 0 Å². The highest BCUT2D eigenvalue weighted by Crippen LogP contribution is 2.38. The van der Waals surface area contributed by atoms with Gasteiger partial charge in [0.25, 0.3) is 0 Å². The lowest BCUT2D eigenvalue weighted by Gasteiger charge is -2.28. The predicted octanol–water partition coefficient (Wildman–Crippen LogP) is 8.36. The van der Waals surface area contributed by atoms with Gasteiger partial charge in [-0.1, -0.05) is 5.16 Å². The van der Waals surface area contributed by atoms with Crippen LogP contribution in [0, 0.1) is 19.8 Å². The molecule has 15 heteroatoms. The van der Waals surface area contributed by atoms with E-state index >= 15 is 0 Å². The molecule has 6 aromatic rings. The average Bonchev–Trinajstić information content (AvgIpc) is 3.84. The number of amides is 1. The summed E-state index contributed by atoms with van der Waals surface area (Å²) in [5, 5.41) is 15.7. The molecule has 1 saturated carbocycles. The minimum absolute atomic E-state index is 0.0556. The van der Waals surface area contributed by atoms with Crippen molar-refractivity contribution in [2.24, 2.45) is 5.92 Å². The minimum Gasteiger partial charge on any atom is -0.444 e. The summed E-state index contributed by atoms with van der Waals surface area (Å²) >= 11 is 5.84. The number of H-pyrrole nitrogens is 1. The number of pyridine rings is 2. The van der Waals surface area contributed by atoms with Crippen LogP contribution in [0.2, 0.25) is 0 Å². The van der Waals surface area contributed by atoms with E-state index in [0.29, 0.717) is 36.6 Å². The third kappa shape index (κ3) is 7.74. The molecule has 1 aliphatic carbocycles. The first kappa shape index (κ1) is 34.0. The van der Waals surface area contributed by atoms with Gasteiger partial charge < -0.3 is 18.8 Å². The summed E-state index contributed by atoms with van der Waals surface area (Å²) in [6, 6.07) is 7.88. The second-order valence-corrected chi connectivity index (χ2v) is 13.5. The summed E-state index contributed by atoms with van der Waals surface area (Å²) in [5.74, 6) is 0.309. The quantitative estimate of drug-likeness (QED) is 0.166. The molecule has 0 bridgehead atoms. The first-order chi connectivity index (χ1) is 23.3. The zero-order chi connectivity index (χ0) is 34.9. The molecule has 1 amide bonds. The number of hydrogen-bond donors (Lipinski definition) is 2. The van der Waals surface area contributed by atoms with E-state index in [1.807, 2.05) is 48.1 Å². The van der Waals surface area contributed by atoms with Crippen molar-refractivity contribution in [1.29, 1.82) is 0 Å². The lowest BCUT2D eigenvalue weighted by Crippen LogP contribution is -2.27. The number of nitrogens with zero attached hydrogens (tertiary/aromatic N) is 7. The Bertz CT molecular complexity index is 2080. The summed E-state index contributed by atoms with van der Waals surface area (Å²) in [6.45, 7) is 9.65. The first-order valence-electron chi connectivity index (χ1n) is 16.0. The van der Waals surface area contributed by atoms with E-state index in [9.17, 15) is 13.6 Å². The number of anilines is 1. The molecule has 0 aliphatic heterocycles. The first-order valence-corrected chi connectivity index (χ1v) is 16.5. The topological polar surface area (TPSA) is 142 Å². The van der Waals surface area contributed by atoms with Crippen molar-refractivity contribution < 1.29 is 22.8 Å². The largest absolute Gasteiger partial charge is 0.444 e. The maximum absolute atomic E-state index is 13.5. The number of rotatable bonds is 6. The van der Waals surface area contributed by atoms with Crippen molar-refractivity contribution in [1.82, 2.24) is 39.4 Å². The van der Waals surface area contributed by atoms with Gasteiger partial charge in [-0.15, -0.1) is 21.8 Å². The molecule has 1 aliphatic rings. The molecule has 0 unspecified atom stereocenters. The highest BCUT2D eigenvalue weighted by molar-refractivity contribution is 6.16. The van der Waals surface area contributed by atoms with E-state index in [1.54, 1.807) is 40.1 Å². The molecular formula is C34H38ClF2N9O3. The highest BCUT2D eigenvalue weighted by Gasteiger charge is 2.35. The van der Waals surface area contributed by atoms with Crippen molar-refractivity contribution in [3.05, 3.63) is 66.5 Å². The molecule has 7 rings (SSSR count). The van der Waals surface area contributed by atoms with Crippen LogP contribution in [0.5, 0.6) is 0 Å². The number of halogens is 3. The van der Waals surface area contributed by atoms with Crippen molar-refractivity contribution in [3.63, 3.8) is 0 Å². The number of aryl methyl sites for hydroxylation is 2. The molecule has 0 aromatic carbocycles. The summed E-state index contributed by atoms with van der Waals surface area (Å²) in [6.07, 6.45) is 7.57. The Labute approximate surface area is 286 Å². The molecule has 0 radical (unpaired) electrons. The second-order valence-electron chi connectivity index (χ2n) is 13.2. The molecule has 258 valence electrons. The van der Waals surface area contributed by atoms with E-state index in [1.165, 1.54) is 0 Å². The van der Waals surface area contributed by atoms with Crippen LogP contribution in [-0.2, 0) is 17.2 Å². The normalized spacial score (nSPS) is 14.9. The molecule has 0 atom stereocenters. The number of hydrogen-bond acceptors (Lipinski definition) is 8. The van der Waals surface area contributed by atoms with Crippen LogP contribution >= 0.6 is 11.6 Å². The van der Waals surface area contributed by atoms with Crippen molar-refractivity contribution in [2.75, 3.05) is 5.32 Å². The van der Waals surface area contributed by atoms with Crippen LogP contribution in [0.25, 0.3) is 38.9 Å². The Kier molecular flexibility index (Phi) is 9.43. The smallest absolute Gasteiger partial charge is 0.413 e. The van der Waals surface area contributed by atoms with Crippen LogP contribution in [0.4, 0.5) is 19.4 Å². The molecule has 6 heterocycles. The van der Waals surface area contributed by atoms with E-state index in [2.05, 4.69) is 40.2 Å². The maximum atomic E-state index is 13.5. The van der Waals surface area contributed by atoms with E-state index in [4.69, 9.17) is 20.9 Å². The lowest BCUT2D eigenvalue weighted by molar-refractivity contribution is -0.0472. The van der Waals surface area contributed by atoms with E-state index < -0.39 is 17.6 Å². The van der Waals surface area contributed by atoms with Gasteiger partial charge in [0, 0.05) is 48.9 Å². The summed E-state index contributed by atoms with van der Waals surface area (Å²) in [4.78, 5) is 24.2. The number of aromatic nitrogens is 8. The van der Waals surface area contributed by atoms with Gasteiger partial charge in [-0.2, -0.15) is 0 Å². The lowest BCUT2D eigenvalue weighted by atomic mass is 9.87. The number of carbonyl (C=O) groups is 1. The molecule has 49 heavy (non-hydrogen) atoms. The van der Waals surface area contributed by atoms with Crippen molar-refractivity contribution in [2.45, 2.75) is 84.3 Å². The van der Waals surface area contributed by atoms with Gasteiger partial charge in [0.05, 0.1) is 34.4 Å². The summed E-state index contributed by atoms with van der Waals surface area (Å²) in [5.41, 5.74) is 4.21. The third-order valence-electron chi connectivity index (χ3n) is 8.34. The Hall–Kier alpha value is -4.85. The zero-order valence-corrected chi connectivity index (χ0v) is 28.7. The van der Waals surface area contributed by atoms with Crippen LogP contribution < -0.4 is 5.32 Å². The molecular weight excluding hydrogens is 656 g/mol. The SMILES string of the molecule is Cc1nnc(CCl)n1-c1cnc2[nH]ccc2c1.Cc1onc(NC(=O)OC(C)(C)C)c1-c1cnc2ccn(CC3CCC(F)(F)CC3)c2c1. The zero-order valence-electron chi connectivity index (χ0n) is 27.9. The average molecular weight is 694 g/mol. The standard InChI is InChI=1S/C23H28F2N4O3.C11H10ClN5/c1-14-19(20(28-32-14)27-21(30)31-22(2,3)4)16-11-18-17(26-12-16)7-10-29(18)13-15-5-8-23(24,25)9-6-15;1-7-15-16-10(5-12)17(7)9-4-8-2-3-13-11(8)14-6-9/h7,10-12,15H,5-6,8-9,13H2,1-4H3,(H,27,28,30);2-4,6H,5H2,1H3,(H,13,14). The van der Waals surface area contributed by atoms with Crippen LogP contribution in [0.1, 0.15) is 63.9 Å². The van der Waals surface area contributed by atoms with Crippen LogP contribution in [-0.4, -0.2) is 57.1 Å². The second kappa shape index (κ2) is 13.6. The molecule has 6 aromatic heterocycles. The summed E-state index contributed by atoms with van der Waals surface area (Å²) < 4.78 is 41.6. The molecule has 0 spiro atoms. The van der Waals surface area contributed by atoms with Gasteiger partial charge in [-0.25, -0.2) is 18.6 Å². The predicted molar refractivity (Wildman–Crippen MR) is 182 cm³/mol. The molecule has 1 fully saturated rings. The molecule has 12 nitrogen and oxygen atoms in total. The fourth-order valence-corrected chi connectivity index (χ4v) is 6.17. The Morgan fingerprint density at radius 3 is 2.65 bits per heavy atom. The van der Waals surface area contributed by atoms with Gasteiger partial charge in [-0.05, 0) is 77.6 Å². The summed E-state index contributed by atoms with van der Waals surface area (Å²) in [7, 11) is 0. The van der Waals surface area contributed by atoms with Gasteiger partial charge in [0.1, 0.15) is 22.8 Å². The number of carbonyl (C=O) groups excluding carboxylic acids is 1. The van der Waals surface area contributed by atoms with Gasteiger partial charge in [0.15, 0.2) is 11.6 Å². The monoisotopic (exact) mass is 693 g/mol. The Morgan fingerprint density at radius 2 is 1.92 bits per heavy atom. The number of nitrogens with one attached hydrogen (secondary N) is 2. The number of aromatic amines is 1. The molecule has 2 N–H and O–H groups in total. The number of alkyl halides is 3. The van der Waals surface area contributed by atoms with E-state index in [-0.39, 0.29) is 24.6 Å². The number of fused-ring (bicyclic) bond motifs is 2. The third-order valence-corrected chi connectivity index (χ3v) is 8.58. The Balaban J connectivity index is 0.000000205. The number of ether oxygens (including phenoxy) is 1. The minimum atomic E-state index is -2.53. The van der Waals surface area contributed by atoms with Gasteiger partial charge >= 0.3 is 6.09 Å². The molecule has 0 saturated heterocycles. The van der Waals surface area contributed by atoms with Crippen molar-refractivity contribution in [3.8, 4) is 16.8 Å². The fraction of sp³-hybridized carbons (Fsp3) is 0.412. The van der Waals surface area contributed by atoms with Gasteiger partial charge in [0.2, 0.25) is 5.92 Å². The van der Waals surface area contributed by atoms with E-state index in [0.717, 1.165) is 45.0 Å². The maximum Gasteiger partial charge on any atom is 0.413 e. The van der Waals surface area contributed by atoms with Crippen molar-refractivity contribution >= 4 is 45.6 Å². The Morgan fingerprint density at radius 1 is 1.14 bits per heavy atom. The fourth-order valence-electron chi connectivity index (χ4n) is 6.00. The van der Waals surface area contributed by atoms with Crippen LogP contribution in [0.15, 0.2) is 53.6 Å².